The summed E-state index contributed by atoms with van der Waals surface area (Å²) >= 11 is 0. The van der Waals surface area contributed by atoms with Crippen LogP contribution in [0.25, 0.3) is 0 Å². The van der Waals surface area contributed by atoms with Crippen LogP contribution in [0, 0.1) is 12.8 Å². The van der Waals surface area contributed by atoms with E-state index in [9.17, 15) is 5.11 Å². The molecule has 2 unspecified atom stereocenters. The molecule has 76 valence electrons. The second-order valence-electron chi connectivity index (χ2n) is 4.69. The molecule has 14 heavy (non-hydrogen) atoms. The number of aliphatic hydroxyl groups is 1. The summed E-state index contributed by atoms with van der Waals surface area (Å²) in [6.07, 6.45) is 2.90. The van der Waals surface area contributed by atoms with Crippen molar-refractivity contribution in [1.82, 2.24) is 0 Å². The number of aryl methyl sites for hydroxylation is 2. The van der Waals surface area contributed by atoms with Crippen LogP contribution >= 0.6 is 0 Å². The van der Waals surface area contributed by atoms with Crippen molar-refractivity contribution in [3.8, 4) is 0 Å². The molecule has 1 aliphatic rings. The third-order valence-electron chi connectivity index (χ3n) is 3.38. The quantitative estimate of drug-likeness (QED) is 0.777. The third kappa shape index (κ3) is 1.98. The summed E-state index contributed by atoms with van der Waals surface area (Å²) in [6.45, 7) is 4.22. The summed E-state index contributed by atoms with van der Waals surface area (Å²) in [4.78, 5) is 0. The van der Waals surface area contributed by atoms with Crippen LogP contribution in [0.1, 0.15) is 30.9 Å². The molecule has 0 bridgehead atoms. The Bertz CT molecular complexity index is 315. The van der Waals surface area contributed by atoms with Crippen LogP contribution < -0.4 is 0 Å². The van der Waals surface area contributed by atoms with Gasteiger partial charge in [-0.1, -0.05) is 36.8 Å². The van der Waals surface area contributed by atoms with E-state index in [0.717, 1.165) is 19.3 Å². The van der Waals surface area contributed by atoms with E-state index in [0.29, 0.717) is 5.92 Å². The fourth-order valence-electron chi connectivity index (χ4n) is 1.94. The monoisotopic (exact) mass is 190 g/mol. The van der Waals surface area contributed by atoms with Gasteiger partial charge in [-0.2, -0.15) is 0 Å². The molecule has 0 aliphatic heterocycles. The van der Waals surface area contributed by atoms with Gasteiger partial charge in [0.2, 0.25) is 0 Å². The molecule has 1 fully saturated rings. The van der Waals surface area contributed by atoms with Gasteiger partial charge in [0.25, 0.3) is 0 Å². The molecule has 0 radical (unpaired) electrons. The van der Waals surface area contributed by atoms with E-state index in [1.807, 2.05) is 0 Å². The van der Waals surface area contributed by atoms with Crippen LogP contribution in [0.5, 0.6) is 0 Å². The molecule has 0 amide bonds. The zero-order chi connectivity index (χ0) is 10.2. The Balaban J connectivity index is 1.89. The van der Waals surface area contributed by atoms with E-state index in [1.165, 1.54) is 11.1 Å². The van der Waals surface area contributed by atoms with Crippen molar-refractivity contribution >= 4 is 0 Å². The average Bonchev–Trinajstić information content (AvgIpc) is 2.74. The molecule has 1 nitrogen and oxygen atoms in total. The summed E-state index contributed by atoms with van der Waals surface area (Å²) < 4.78 is 0. The smallest absolute Gasteiger partial charge is 0.0681 e. The predicted octanol–water partition coefficient (Wildman–Crippen LogP) is 2.70. The Morgan fingerprint density at radius 3 is 2.43 bits per heavy atom. The number of hydrogen-bond acceptors (Lipinski definition) is 1. The van der Waals surface area contributed by atoms with Crippen LogP contribution in [0.4, 0.5) is 0 Å². The zero-order valence-electron chi connectivity index (χ0n) is 8.96. The van der Waals surface area contributed by atoms with Crippen molar-refractivity contribution in [3.63, 3.8) is 0 Å². The number of benzene rings is 1. The van der Waals surface area contributed by atoms with Crippen molar-refractivity contribution in [2.24, 2.45) is 5.92 Å². The maximum atomic E-state index is 9.91. The fraction of sp³-hybridized carbons (Fsp3) is 0.538. The Hall–Kier alpha value is -0.820. The Morgan fingerprint density at radius 2 is 1.93 bits per heavy atom. The van der Waals surface area contributed by atoms with E-state index >= 15 is 0 Å². The van der Waals surface area contributed by atoms with Crippen LogP contribution in [-0.2, 0) is 6.42 Å². The highest BCUT2D eigenvalue weighted by Gasteiger charge is 2.48. The molecule has 1 aromatic carbocycles. The zero-order valence-corrected chi connectivity index (χ0v) is 8.96. The lowest BCUT2D eigenvalue weighted by molar-refractivity contribution is 0.124. The molecular weight excluding hydrogens is 172 g/mol. The molecule has 0 spiro atoms. The molecule has 0 aromatic heterocycles. The molecular formula is C13H18O. The van der Waals surface area contributed by atoms with Crippen LogP contribution in [-0.4, -0.2) is 10.7 Å². The van der Waals surface area contributed by atoms with Gasteiger partial charge < -0.3 is 5.11 Å². The van der Waals surface area contributed by atoms with Gasteiger partial charge in [0, 0.05) is 0 Å². The molecule has 2 atom stereocenters. The molecule has 1 saturated carbocycles. The normalized spacial score (nSPS) is 30.4. The van der Waals surface area contributed by atoms with Crippen molar-refractivity contribution in [3.05, 3.63) is 35.4 Å². The maximum Gasteiger partial charge on any atom is 0.0681 e. The highest BCUT2D eigenvalue weighted by atomic mass is 16.3. The first-order valence-electron chi connectivity index (χ1n) is 5.38. The van der Waals surface area contributed by atoms with Gasteiger partial charge in [0.1, 0.15) is 0 Å². The fourth-order valence-corrected chi connectivity index (χ4v) is 1.94. The summed E-state index contributed by atoms with van der Waals surface area (Å²) in [6, 6.07) is 8.59. The average molecular weight is 190 g/mol. The molecule has 1 aromatic rings. The third-order valence-corrected chi connectivity index (χ3v) is 3.38. The summed E-state index contributed by atoms with van der Waals surface area (Å²) in [5.74, 6) is 0.507. The van der Waals surface area contributed by atoms with Gasteiger partial charge in [-0.15, -0.1) is 0 Å². The van der Waals surface area contributed by atoms with Gasteiger partial charge >= 0.3 is 0 Å². The highest BCUT2D eigenvalue weighted by molar-refractivity contribution is 5.22. The van der Waals surface area contributed by atoms with Crippen molar-refractivity contribution in [2.45, 2.75) is 38.7 Å². The minimum Gasteiger partial charge on any atom is -0.390 e. The van der Waals surface area contributed by atoms with E-state index in [2.05, 4.69) is 38.1 Å². The van der Waals surface area contributed by atoms with Crippen LogP contribution in [0.2, 0.25) is 0 Å². The van der Waals surface area contributed by atoms with Crippen LogP contribution in [0.3, 0.4) is 0 Å². The predicted molar refractivity (Wildman–Crippen MR) is 58.2 cm³/mol. The van der Waals surface area contributed by atoms with E-state index in [1.54, 1.807) is 0 Å². The molecule has 1 aliphatic carbocycles. The highest BCUT2D eigenvalue weighted by Crippen LogP contribution is 2.46. The van der Waals surface area contributed by atoms with E-state index in [-0.39, 0.29) is 5.60 Å². The lowest BCUT2D eigenvalue weighted by Crippen LogP contribution is -2.11. The number of rotatable bonds is 3. The summed E-state index contributed by atoms with van der Waals surface area (Å²) in [7, 11) is 0. The summed E-state index contributed by atoms with van der Waals surface area (Å²) in [5.41, 5.74) is 2.29. The first-order valence-corrected chi connectivity index (χ1v) is 5.38. The molecule has 1 heteroatoms. The second-order valence-corrected chi connectivity index (χ2v) is 4.69. The largest absolute Gasteiger partial charge is 0.390 e. The van der Waals surface area contributed by atoms with Gasteiger partial charge in [-0.25, -0.2) is 0 Å². The Morgan fingerprint density at radius 1 is 1.36 bits per heavy atom. The Labute approximate surface area is 85.8 Å². The first-order chi connectivity index (χ1) is 6.60. The second kappa shape index (κ2) is 3.39. The lowest BCUT2D eigenvalue weighted by Gasteiger charge is -2.08. The SMILES string of the molecule is Cc1ccc(CCC2(O)CC2C)cc1. The van der Waals surface area contributed by atoms with E-state index < -0.39 is 0 Å². The van der Waals surface area contributed by atoms with Gasteiger partial charge in [-0.05, 0) is 37.7 Å². The topological polar surface area (TPSA) is 20.2 Å². The standard InChI is InChI=1S/C13H18O/c1-10-3-5-12(6-4-10)7-8-13(14)9-11(13)2/h3-6,11,14H,7-9H2,1-2H3. The minimum atomic E-state index is -0.342. The summed E-state index contributed by atoms with van der Waals surface area (Å²) in [5, 5.41) is 9.91. The van der Waals surface area contributed by atoms with Crippen molar-refractivity contribution in [1.29, 1.82) is 0 Å². The maximum absolute atomic E-state index is 9.91. The van der Waals surface area contributed by atoms with Crippen LogP contribution in [0.15, 0.2) is 24.3 Å². The van der Waals surface area contributed by atoms with Gasteiger partial charge in [0.15, 0.2) is 0 Å². The van der Waals surface area contributed by atoms with Gasteiger partial charge in [-0.3, -0.25) is 0 Å². The minimum absolute atomic E-state index is 0.342. The molecule has 0 saturated heterocycles. The Kier molecular flexibility index (Phi) is 2.36. The molecule has 0 heterocycles. The van der Waals surface area contributed by atoms with Crippen molar-refractivity contribution < 1.29 is 5.11 Å². The van der Waals surface area contributed by atoms with Crippen molar-refractivity contribution in [2.75, 3.05) is 0 Å². The lowest BCUT2D eigenvalue weighted by atomic mass is 10.0. The molecule has 2 rings (SSSR count). The first kappa shape index (κ1) is 9.72. The van der Waals surface area contributed by atoms with Gasteiger partial charge in [0.05, 0.1) is 5.60 Å². The van der Waals surface area contributed by atoms with E-state index in [4.69, 9.17) is 0 Å². The molecule has 1 N–H and O–H groups in total. The number of hydrogen-bond donors (Lipinski definition) is 1.